The van der Waals surface area contributed by atoms with Crippen molar-refractivity contribution in [3.05, 3.63) is 0 Å². The van der Waals surface area contributed by atoms with E-state index < -0.39 is 12.1 Å². The van der Waals surface area contributed by atoms with Gasteiger partial charge in [0.05, 0.1) is 0 Å². The first kappa shape index (κ1) is 19.9. The average Bonchev–Trinajstić information content (AvgIpc) is 2.43. The number of carbonyl (C=O) groups is 2. The fourth-order valence-corrected chi connectivity index (χ4v) is 2.44. The Labute approximate surface area is 129 Å². The van der Waals surface area contributed by atoms with Gasteiger partial charge in [0, 0.05) is 6.42 Å². The lowest BCUT2D eigenvalue weighted by Gasteiger charge is -2.03. The van der Waals surface area contributed by atoms with Crippen molar-refractivity contribution >= 4 is 12.1 Å². The summed E-state index contributed by atoms with van der Waals surface area (Å²) in [4.78, 5) is 21.1. The van der Waals surface area contributed by atoms with E-state index in [1.165, 1.54) is 64.2 Å². The predicted molar refractivity (Wildman–Crippen MR) is 84.4 cm³/mol. The van der Waals surface area contributed by atoms with Crippen LogP contribution in [0.1, 0.15) is 96.8 Å². The van der Waals surface area contributed by atoms with Crippen molar-refractivity contribution in [2.45, 2.75) is 96.8 Å². The van der Waals surface area contributed by atoms with Gasteiger partial charge in [-0.1, -0.05) is 84.0 Å². The van der Waals surface area contributed by atoms with Gasteiger partial charge in [-0.15, -0.1) is 0 Å². The molecule has 0 aromatic rings. The molecule has 0 atom stereocenters. The molecule has 0 saturated carbocycles. The van der Waals surface area contributed by atoms with Gasteiger partial charge < -0.3 is 9.84 Å². The van der Waals surface area contributed by atoms with Crippen LogP contribution in [-0.2, 0) is 9.53 Å². The van der Waals surface area contributed by atoms with Crippen molar-refractivity contribution < 1.29 is 19.4 Å². The molecule has 0 aliphatic rings. The molecule has 124 valence electrons. The van der Waals surface area contributed by atoms with Crippen molar-refractivity contribution in [1.82, 2.24) is 0 Å². The smallest absolute Gasteiger partial charge is 0.449 e. The van der Waals surface area contributed by atoms with Crippen molar-refractivity contribution in [3.63, 3.8) is 0 Å². The fraction of sp³-hybridized carbons (Fsp3) is 0.882. The van der Waals surface area contributed by atoms with E-state index in [0.717, 1.165) is 19.3 Å². The predicted octanol–water partition coefficient (Wildman–Crippen LogP) is 5.69. The molecule has 4 nitrogen and oxygen atoms in total. The SMILES string of the molecule is CCCCCCCCCCCCCCCC(=O)OC(=O)O. The van der Waals surface area contributed by atoms with Gasteiger partial charge in [-0.2, -0.15) is 0 Å². The standard InChI is InChI=1S/C17H32O4/c1-2-3-4-5-6-7-8-9-10-11-12-13-14-15-16(18)21-17(19)20/h2-15H2,1H3,(H,19,20). The Kier molecular flexibility index (Phi) is 14.6. The second-order valence-corrected chi connectivity index (χ2v) is 5.73. The Morgan fingerprint density at radius 3 is 1.48 bits per heavy atom. The Morgan fingerprint density at radius 2 is 1.10 bits per heavy atom. The maximum Gasteiger partial charge on any atom is 0.513 e. The monoisotopic (exact) mass is 300 g/mol. The molecular formula is C17H32O4. The lowest BCUT2D eigenvalue weighted by atomic mass is 10.0. The van der Waals surface area contributed by atoms with E-state index >= 15 is 0 Å². The highest BCUT2D eigenvalue weighted by molar-refractivity contribution is 5.80. The molecule has 0 aliphatic carbocycles. The number of carbonyl (C=O) groups excluding carboxylic acids is 1. The first-order valence-electron chi connectivity index (χ1n) is 8.60. The highest BCUT2D eigenvalue weighted by Crippen LogP contribution is 2.13. The van der Waals surface area contributed by atoms with Crippen molar-refractivity contribution in [2.75, 3.05) is 0 Å². The van der Waals surface area contributed by atoms with E-state index in [1.807, 2.05) is 0 Å². The minimum atomic E-state index is -1.50. The summed E-state index contributed by atoms with van der Waals surface area (Å²) in [6.07, 6.45) is 14.9. The van der Waals surface area contributed by atoms with E-state index in [1.54, 1.807) is 0 Å². The second-order valence-electron chi connectivity index (χ2n) is 5.73. The minimum Gasteiger partial charge on any atom is -0.449 e. The van der Waals surface area contributed by atoms with Gasteiger partial charge in [0.15, 0.2) is 0 Å². The lowest BCUT2D eigenvalue weighted by Crippen LogP contribution is -2.09. The van der Waals surface area contributed by atoms with E-state index in [2.05, 4.69) is 11.7 Å². The first-order valence-corrected chi connectivity index (χ1v) is 8.60. The van der Waals surface area contributed by atoms with Crippen LogP contribution in [0.4, 0.5) is 4.79 Å². The van der Waals surface area contributed by atoms with E-state index in [0.29, 0.717) is 0 Å². The second kappa shape index (κ2) is 15.3. The Morgan fingerprint density at radius 1 is 0.714 bits per heavy atom. The molecule has 4 heteroatoms. The normalized spacial score (nSPS) is 10.5. The summed E-state index contributed by atoms with van der Waals surface area (Å²) >= 11 is 0. The van der Waals surface area contributed by atoms with Crippen LogP contribution in [0.15, 0.2) is 0 Å². The molecule has 0 amide bonds. The van der Waals surface area contributed by atoms with Gasteiger partial charge in [-0.25, -0.2) is 4.79 Å². The zero-order chi connectivity index (χ0) is 15.8. The van der Waals surface area contributed by atoms with Crippen LogP contribution in [0.2, 0.25) is 0 Å². The molecule has 0 aromatic carbocycles. The first-order chi connectivity index (χ1) is 10.2. The summed E-state index contributed by atoms with van der Waals surface area (Å²) in [7, 11) is 0. The Hall–Kier alpha value is -1.06. The van der Waals surface area contributed by atoms with E-state index in [4.69, 9.17) is 5.11 Å². The number of esters is 1. The van der Waals surface area contributed by atoms with Crippen molar-refractivity contribution in [1.29, 1.82) is 0 Å². The summed E-state index contributed by atoms with van der Waals surface area (Å²) in [5, 5.41) is 8.24. The van der Waals surface area contributed by atoms with Gasteiger partial charge in [-0.3, -0.25) is 4.79 Å². The zero-order valence-corrected chi connectivity index (χ0v) is 13.6. The van der Waals surface area contributed by atoms with Crippen LogP contribution in [0, 0.1) is 0 Å². The van der Waals surface area contributed by atoms with Crippen molar-refractivity contribution in [3.8, 4) is 0 Å². The molecule has 0 heterocycles. The van der Waals surface area contributed by atoms with Crippen LogP contribution in [0.25, 0.3) is 0 Å². The van der Waals surface area contributed by atoms with Crippen LogP contribution < -0.4 is 0 Å². The molecule has 0 unspecified atom stereocenters. The number of carboxylic acid groups (broad SMARTS) is 1. The molecule has 0 rings (SSSR count). The van der Waals surface area contributed by atoms with Gasteiger partial charge in [0.2, 0.25) is 0 Å². The molecule has 0 aromatic heterocycles. The number of hydrogen-bond donors (Lipinski definition) is 1. The van der Waals surface area contributed by atoms with E-state index in [-0.39, 0.29) is 6.42 Å². The quantitative estimate of drug-likeness (QED) is 0.254. The minimum absolute atomic E-state index is 0.212. The highest BCUT2D eigenvalue weighted by atomic mass is 16.7. The zero-order valence-electron chi connectivity index (χ0n) is 13.6. The molecular weight excluding hydrogens is 268 g/mol. The number of hydrogen-bond acceptors (Lipinski definition) is 3. The van der Waals surface area contributed by atoms with Crippen molar-refractivity contribution in [2.24, 2.45) is 0 Å². The van der Waals surface area contributed by atoms with Crippen LogP contribution in [0.5, 0.6) is 0 Å². The third kappa shape index (κ3) is 16.9. The van der Waals surface area contributed by atoms with Gasteiger partial charge in [0.25, 0.3) is 0 Å². The summed E-state index contributed by atoms with van der Waals surface area (Å²) in [5.41, 5.74) is 0. The fourth-order valence-electron chi connectivity index (χ4n) is 2.44. The number of unbranched alkanes of at least 4 members (excludes halogenated alkanes) is 12. The number of ether oxygens (including phenoxy) is 1. The Balaban J connectivity index is 3.09. The Bertz CT molecular complexity index is 264. The molecule has 0 bridgehead atoms. The van der Waals surface area contributed by atoms with Gasteiger partial charge in [0.1, 0.15) is 0 Å². The largest absolute Gasteiger partial charge is 0.513 e. The molecule has 0 radical (unpaired) electrons. The molecule has 0 saturated heterocycles. The summed E-state index contributed by atoms with van der Waals surface area (Å²) in [6.45, 7) is 2.25. The van der Waals surface area contributed by atoms with Gasteiger partial charge >= 0.3 is 12.1 Å². The maximum absolute atomic E-state index is 11.0. The lowest BCUT2D eigenvalue weighted by molar-refractivity contribution is -0.139. The molecule has 0 spiro atoms. The van der Waals surface area contributed by atoms with E-state index in [9.17, 15) is 9.59 Å². The third-order valence-electron chi connectivity index (χ3n) is 3.69. The maximum atomic E-state index is 11.0. The average molecular weight is 300 g/mol. The molecule has 1 N–H and O–H groups in total. The summed E-state index contributed by atoms with van der Waals surface area (Å²) < 4.78 is 4.03. The van der Waals surface area contributed by atoms with Crippen LogP contribution in [0.3, 0.4) is 0 Å². The molecule has 0 aliphatic heterocycles. The highest BCUT2D eigenvalue weighted by Gasteiger charge is 2.07. The number of rotatable bonds is 14. The van der Waals surface area contributed by atoms with Crippen LogP contribution >= 0.6 is 0 Å². The third-order valence-corrected chi connectivity index (χ3v) is 3.69. The van der Waals surface area contributed by atoms with Gasteiger partial charge in [-0.05, 0) is 6.42 Å². The summed E-state index contributed by atoms with van der Waals surface area (Å²) in [6, 6.07) is 0. The van der Waals surface area contributed by atoms with Crippen LogP contribution in [-0.4, -0.2) is 17.2 Å². The topological polar surface area (TPSA) is 63.6 Å². The summed E-state index contributed by atoms with van der Waals surface area (Å²) in [5.74, 6) is -0.634. The molecule has 0 fully saturated rings. The molecule has 21 heavy (non-hydrogen) atoms.